The lowest BCUT2D eigenvalue weighted by Gasteiger charge is -2.40. The molecule has 0 aromatic heterocycles. The Hall–Kier alpha value is -3.73. The highest BCUT2D eigenvalue weighted by molar-refractivity contribution is 7.89. The molecule has 0 heterocycles. The van der Waals surface area contributed by atoms with Gasteiger partial charge in [-0.15, -0.1) is 0 Å². The number of sulfonamides is 1. The van der Waals surface area contributed by atoms with Gasteiger partial charge in [-0.05, 0) is 48.9 Å². The van der Waals surface area contributed by atoms with E-state index in [4.69, 9.17) is 4.74 Å². The van der Waals surface area contributed by atoms with E-state index in [0.717, 1.165) is 11.1 Å². The molecule has 0 radical (unpaired) electrons. The van der Waals surface area contributed by atoms with Crippen LogP contribution in [0.15, 0.2) is 95.9 Å². The van der Waals surface area contributed by atoms with Crippen molar-refractivity contribution in [2.24, 2.45) is 5.92 Å². The van der Waals surface area contributed by atoms with Crippen LogP contribution in [-0.2, 0) is 32.6 Å². The predicted molar refractivity (Wildman–Crippen MR) is 171 cm³/mol. The normalized spacial score (nSPS) is 13.7. The summed E-state index contributed by atoms with van der Waals surface area (Å²) in [5, 5.41) is 17.7. The van der Waals surface area contributed by atoms with E-state index in [-0.39, 0.29) is 61.7 Å². The van der Waals surface area contributed by atoms with Gasteiger partial charge in [0.2, 0.25) is 15.9 Å². The molecule has 3 rings (SSSR count). The Morgan fingerprint density at radius 1 is 0.886 bits per heavy atom. The Morgan fingerprint density at radius 3 is 2.05 bits per heavy atom. The molecule has 9 nitrogen and oxygen atoms in total. The highest BCUT2D eigenvalue weighted by atomic mass is 32.2. The topological polar surface area (TPSA) is 125 Å². The van der Waals surface area contributed by atoms with Crippen molar-refractivity contribution in [3.63, 3.8) is 0 Å². The monoisotopic (exact) mass is 623 g/mol. The van der Waals surface area contributed by atoms with Gasteiger partial charge in [-0.1, -0.05) is 92.7 Å². The Morgan fingerprint density at radius 2 is 1.45 bits per heavy atom. The first kappa shape index (κ1) is 34.8. The first-order valence-corrected chi connectivity index (χ1v) is 16.5. The smallest absolute Gasteiger partial charge is 0.407 e. The number of alkyl carbamates (subject to hydrolysis) is 1. The van der Waals surface area contributed by atoms with E-state index < -0.39 is 21.8 Å². The summed E-state index contributed by atoms with van der Waals surface area (Å²) in [4.78, 5) is 24.9. The summed E-state index contributed by atoms with van der Waals surface area (Å²) in [7, 11) is -4.05. The van der Waals surface area contributed by atoms with Crippen LogP contribution >= 0.6 is 0 Å². The molecular weight excluding hydrogens is 578 g/mol. The van der Waals surface area contributed by atoms with Crippen molar-refractivity contribution in [2.45, 2.75) is 76.1 Å². The van der Waals surface area contributed by atoms with Crippen molar-refractivity contribution in [2.75, 3.05) is 13.1 Å². The fourth-order valence-electron chi connectivity index (χ4n) is 4.86. The molecule has 3 aromatic carbocycles. The van der Waals surface area contributed by atoms with E-state index >= 15 is 0 Å². The molecule has 0 aliphatic carbocycles. The summed E-state index contributed by atoms with van der Waals surface area (Å²) >= 11 is 0. The summed E-state index contributed by atoms with van der Waals surface area (Å²) in [6, 6.07) is 26.5. The summed E-state index contributed by atoms with van der Waals surface area (Å²) in [5.74, 6) is -0.274. The Labute approximate surface area is 261 Å². The zero-order valence-corrected chi connectivity index (χ0v) is 26.6. The molecule has 2 unspecified atom stereocenters. The van der Waals surface area contributed by atoms with E-state index in [1.165, 1.54) is 16.4 Å². The largest absolute Gasteiger partial charge is 0.445 e. The molecule has 0 spiro atoms. The number of rotatable bonds is 17. The molecule has 10 heteroatoms. The van der Waals surface area contributed by atoms with Crippen molar-refractivity contribution in [3.8, 4) is 0 Å². The molecule has 0 saturated heterocycles. The SMILES string of the molecule is CC(C)CN(C(O)(CCNC(=O)CCCC(C)NC(=O)OCc1ccccc1)Cc1ccccc1)S(=O)(=O)c1ccccc1. The molecule has 2 amide bonds. The van der Waals surface area contributed by atoms with E-state index in [9.17, 15) is 23.1 Å². The van der Waals surface area contributed by atoms with Gasteiger partial charge in [-0.2, -0.15) is 4.31 Å². The van der Waals surface area contributed by atoms with Crippen LogP contribution in [0.3, 0.4) is 0 Å². The molecule has 0 saturated carbocycles. The summed E-state index contributed by atoms with van der Waals surface area (Å²) in [5.41, 5.74) is -0.110. The average molecular weight is 624 g/mol. The standard InChI is InChI=1S/C34H45N3O6S/c1-27(2)25-37(44(41,42)31-19-11-6-12-20-31)34(40,24-29-15-7-4-8-16-29)22-23-35-32(38)21-13-14-28(3)36-33(39)43-26-30-17-9-5-10-18-30/h4-12,15-20,27-28,40H,13-14,21-26H2,1-3H3,(H,35,38)(H,36,39). The van der Waals surface area contributed by atoms with Crippen molar-refractivity contribution < 1.29 is 27.9 Å². The second-order valence-corrected chi connectivity index (χ2v) is 13.3. The van der Waals surface area contributed by atoms with Crippen LogP contribution < -0.4 is 10.6 Å². The maximum Gasteiger partial charge on any atom is 0.407 e. The Bertz CT molecular complexity index is 1400. The van der Waals surface area contributed by atoms with Crippen LogP contribution in [0.1, 0.15) is 57.6 Å². The number of nitrogens with one attached hydrogen (secondary N) is 2. The third-order valence-electron chi connectivity index (χ3n) is 7.12. The van der Waals surface area contributed by atoms with Gasteiger partial charge >= 0.3 is 6.09 Å². The number of ether oxygens (including phenoxy) is 1. The van der Waals surface area contributed by atoms with Gasteiger partial charge < -0.3 is 20.5 Å². The van der Waals surface area contributed by atoms with Crippen LogP contribution in [0, 0.1) is 5.92 Å². The number of benzene rings is 3. The molecule has 3 N–H and O–H groups in total. The van der Waals surface area contributed by atoms with E-state index in [1.807, 2.05) is 81.4 Å². The quantitative estimate of drug-likeness (QED) is 0.176. The van der Waals surface area contributed by atoms with Crippen LogP contribution in [-0.4, -0.2) is 54.7 Å². The van der Waals surface area contributed by atoms with Gasteiger partial charge in [0, 0.05) is 38.4 Å². The number of carbonyl (C=O) groups excluding carboxylic acids is 2. The number of aliphatic hydroxyl groups is 1. The third-order valence-corrected chi connectivity index (χ3v) is 9.06. The van der Waals surface area contributed by atoms with Crippen molar-refractivity contribution in [1.29, 1.82) is 0 Å². The summed E-state index contributed by atoms with van der Waals surface area (Å²) in [6.07, 6.45) is 0.870. The predicted octanol–water partition coefficient (Wildman–Crippen LogP) is 5.26. The van der Waals surface area contributed by atoms with Gasteiger partial charge in [0.15, 0.2) is 0 Å². The lowest BCUT2D eigenvalue weighted by molar-refractivity contribution is -0.121. The molecular formula is C34H45N3O6S. The zero-order valence-electron chi connectivity index (χ0n) is 25.8. The number of nitrogens with zero attached hydrogens (tertiary/aromatic N) is 1. The molecule has 44 heavy (non-hydrogen) atoms. The summed E-state index contributed by atoms with van der Waals surface area (Å²) in [6.45, 7) is 6.02. The minimum Gasteiger partial charge on any atom is -0.445 e. The molecule has 0 fully saturated rings. The molecule has 238 valence electrons. The maximum absolute atomic E-state index is 13.8. The van der Waals surface area contributed by atoms with Gasteiger partial charge in [0.05, 0.1) is 4.90 Å². The van der Waals surface area contributed by atoms with Gasteiger partial charge in [-0.25, -0.2) is 13.2 Å². The van der Waals surface area contributed by atoms with E-state index in [2.05, 4.69) is 10.6 Å². The molecule has 0 aliphatic heterocycles. The number of amides is 2. The van der Waals surface area contributed by atoms with E-state index in [0.29, 0.717) is 12.8 Å². The Balaban J connectivity index is 1.57. The first-order chi connectivity index (χ1) is 21.0. The number of hydrogen-bond donors (Lipinski definition) is 3. The third kappa shape index (κ3) is 11.1. The number of carbonyl (C=O) groups is 2. The zero-order chi connectivity index (χ0) is 32.0. The van der Waals surface area contributed by atoms with Crippen molar-refractivity contribution in [1.82, 2.24) is 14.9 Å². The molecule has 2 atom stereocenters. The van der Waals surface area contributed by atoms with Gasteiger partial charge in [-0.3, -0.25) is 4.79 Å². The maximum atomic E-state index is 13.8. The fourth-order valence-corrected chi connectivity index (χ4v) is 6.72. The van der Waals surface area contributed by atoms with Crippen LogP contribution in [0.2, 0.25) is 0 Å². The second-order valence-electron chi connectivity index (χ2n) is 11.5. The lowest BCUT2D eigenvalue weighted by Crippen LogP contribution is -2.55. The summed E-state index contributed by atoms with van der Waals surface area (Å²) < 4.78 is 34.1. The number of hydrogen-bond acceptors (Lipinski definition) is 6. The highest BCUT2D eigenvalue weighted by Crippen LogP contribution is 2.30. The van der Waals surface area contributed by atoms with Gasteiger partial charge in [0.1, 0.15) is 12.3 Å². The first-order valence-electron chi connectivity index (χ1n) is 15.1. The van der Waals surface area contributed by atoms with E-state index in [1.54, 1.807) is 18.2 Å². The minimum atomic E-state index is -4.05. The van der Waals surface area contributed by atoms with Crippen molar-refractivity contribution >= 4 is 22.0 Å². The average Bonchev–Trinajstić information content (AvgIpc) is 3.00. The fraction of sp³-hybridized carbons (Fsp3) is 0.412. The second kappa shape index (κ2) is 16.9. The molecule has 3 aromatic rings. The minimum absolute atomic E-state index is 0.00235. The Kier molecular flexibility index (Phi) is 13.4. The van der Waals surface area contributed by atoms with Crippen LogP contribution in [0.25, 0.3) is 0 Å². The van der Waals surface area contributed by atoms with Gasteiger partial charge in [0.25, 0.3) is 0 Å². The van der Waals surface area contributed by atoms with Crippen molar-refractivity contribution in [3.05, 3.63) is 102 Å². The molecule has 0 bridgehead atoms. The highest BCUT2D eigenvalue weighted by Gasteiger charge is 2.43. The lowest BCUT2D eigenvalue weighted by atomic mass is 9.98. The van der Waals surface area contributed by atoms with Crippen LogP contribution in [0.4, 0.5) is 4.79 Å². The molecule has 0 aliphatic rings. The van der Waals surface area contributed by atoms with Crippen LogP contribution in [0.5, 0.6) is 0 Å².